The molecule has 0 bridgehead atoms. The van der Waals surface area contributed by atoms with Crippen LogP contribution >= 0.6 is 0 Å². The van der Waals surface area contributed by atoms with Crippen LogP contribution in [0.25, 0.3) is 0 Å². The smallest absolute Gasteiger partial charge is 0.264 e. The van der Waals surface area contributed by atoms with Gasteiger partial charge in [0, 0.05) is 18.7 Å². The second-order valence-electron chi connectivity index (χ2n) is 9.32. The molecule has 188 valence electrons. The summed E-state index contributed by atoms with van der Waals surface area (Å²) in [5, 5.41) is 0. The Labute approximate surface area is 214 Å². The normalized spacial score (nSPS) is 19.4. The quantitative estimate of drug-likeness (QED) is 0.281. The summed E-state index contributed by atoms with van der Waals surface area (Å²) in [5.41, 5.74) is 0.144. The predicted molar refractivity (Wildman–Crippen MR) is 136 cm³/mol. The predicted octanol–water partition coefficient (Wildman–Crippen LogP) is 3.65. The molecule has 2 amide bonds. The van der Waals surface area contributed by atoms with Crippen molar-refractivity contribution in [3.8, 4) is 0 Å². The number of nitrogens with zero attached hydrogens (tertiary/aromatic N) is 2. The minimum absolute atomic E-state index is 0.0741. The van der Waals surface area contributed by atoms with Gasteiger partial charge in [-0.05, 0) is 56.2 Å². The van der Waals surface area contributed by atoms with E-state index in [0.717, 1.165) is 14.8 Å². The number of amides is 2. The van der Waals surface area contributed by atoms with Crippen molar-refractivity contribution in [2.45, 2.75) is 24.7 Å². The number of ketones is 1. The van der Waals surface area contributed by atoms with Crippen molar-refractivity contribution in [2.75, 3.05) is 17.4 Å². The Morgan fingerprint density at radius 1 is 0.838 bits per heavy atom. The molecular weight excluding hydrogens is 492 g/mol. The maximum absolute atomic E-state index is 13.8. The van der Waals surface area contributed by atoms with Gasteiger partial charge in [0.1, 0.15) is 6.29 Å². The Hall–Kier alpha value is -4.11. The molecule has 3 aromatic carbocycles. The molecule has 0 radical (unpaired) electrons. The summed E-state index contributed by atoms with van der Waals surface area (Å²) in [5.74, 6) is -1.49. The van der Waals surface area contributed by atoms with Crippen molar-refractivity contribution >= 4 is 39.6 Å². The highest BCUT2D eigenvalue weighted by Gasteiger charge is 2.46. The van der Waals surface area contributed by atoms with Crippen LogP contribution in [-0.4, -0.2) is 50.3 Å². The van der Waals surface area contributed by atoms with Gasteiger partial charge in [-0.1, -0.05) is 42.0 Å². The minimum atomic E-state index is -4.04. The number of aldehydes is 1. The lowest BCUT2D eigenvalue weighted by Gasteiger charge is -2.27. The van der Waals surface area contributed by atoms with Crippen LogP contribution in [0, 0.1) is 12.3 Å². The van der Waals surface area contributed by atoms with E-state index in [9.17, 15) is 27.6 Å². The Kier molecular flexibility index (Phi) is 6.03. The molecule has 0 fully saturated rings. The largest absolute Gasteiger partial charge is 0.302 e. The second-order valence-corrected chi connectivity index (χ2v) is 11.2. The summed E-state index contributed by atoms with van der Waals surface area (Å²) in [6, 6.07) is 19.1. The molecule has 3 aromatic rings. The lowest BCUT2D eigenvalue weighted by molar-refractivity contribution is -0.114. The fraction of sp³-hybridized carbons (Fsp3) is 0.214. The number of anilines is 1. The number of carbonyl (C=O) groups excluding carboxylic acids is 4. The molecule has 1 atom stereocenters. The lowest BCUT2D eigenvalue weighted by Crippen LogP contribution is -2.40. The van der Waals surface area contributed by atoms with E-state index in [-0.39, 0.29) is 53.2 Å². The number of carbonyl (C=O) groups is 4. The fourth-order valence-electron chi connectivity index (χ4n) is 4.94. The van der Waals surface area contributed by atoms with Gasteiger partial charge in [0.25, 0.3) is 21.8 Å². The van der Waals surface area contributed by atoms with Gasteiger partial charge in [-0.2, -0.15) is 0 Å². The van der Waals surface area contributed by atoms with Crippen LogP contribution in [0.4, 0.5) is 5.69 Å². The molecular formula is C28H24N2O6S. The topological polar surface area (TPSA) is 109 Å². The maximum Gasteiger partial charge on any atom is 0.264 e. The van der Waals surface area contributed by atoms with Gasteiger partial charge in [0.2, 0.25) is 0 Å². The number of benzene rings is 3. The van der Waals surface area contributed by atoms with Gasteiger partial charge in [-0.3, -0.25) is 23.6 Å². The number of hydrogen-bond acceptors (Lipinski definition) is 6. The molecule has 0 spiro atoms. The van der Waals surface area contributed by atoms with Gasteiger partial charge in [0.15, 0.2) is 5.78 Å². The van der Waals surface area contributed by atoms with Crippen molar-refractivity contribution in [1.82, 2.24) is 4.90 Å². The van der Waals surface area contributed by atoms with Crippen molar-refractivity contribution in [2.24, 2.45) is 5.41 Å². The molecule has 37 heavy (non-hydrogen) atoms. The first-order valence-electron chi connectivity index (χ1n) is 11.8. The number of sulfonamides is 1. The number of hydrogen-bond donors (Lipinski definition) is 0. The summed E-state index contributed by atoms with van der Waals surface area (Å²) in [6.07, 6.45) is 0.318. The number of fused-ring (bicyclic) bond motifs is 2. The minimum Gasteiger partial charge on any atom is -0.302 e. The Morgan fingerprint density at radius 3 is 2.00 bits per heavy atom. The van der Waals surface area contributed by atoms with Gasteiger partial charge in [0.05, 0.1) is 27.1 Å². The Morgan fingerprint density at radius 2 is 1.41 bits per heavy atom. The zero-order valence-electron chi connectivity index (χ0n) is 20.1. The SMILES string of the molecule is Cc1ccc(S(=O)(=O)N2CCC(C=O)(CCN3C(=O)c4ccccc4C3=O)C(=O)c3ccccc32)cc1. The van der Waals surface area contributed by atoms with Crippen LogP contribution < -0.4 is 4.31 Å². The van der Waals surface area contributed by atoms with E-state index < -0.39 is 33.0 Å². The summed E-state index contributed by atoms with van der Waals surface area (Å²) in [6.45, 7) is 1.58. The van der Waals surface area contributed by atoms with Crippen LogP contribution in [0.15, 0.2) is 77.7 Å². The first-order chi connectivity index (χ1) is 17.7. The van der Waals surface area contributed by atoms with Gasteiger partial charge in [-0.25, -0.2) is 8.42 Å². The highest BCUT2D eigenvalue weighted by molar-refractivity contribution is 7.92. The van der Waals surface area contributed by atoms with Crippen LogP contribution in [0.3, 0.4) is 0 Å². The van der Waals surface area contributed by atoms with Crippen molar-refractivity contribution in [3.63, 3.8) is 0 Å². The van der Waals surface area contributed by atoms with E-state index in [0.29, 0.717) is 6.29 Å². The van der Waals surface area contributed by atoms with E-state index >= 15 is 0 Å². The number of aryl methyl sites for hydroxylation is 1. The Balaban J connectivity index is 1.49. The van der Waals surface area contributed by atoms with E-state index in [4.69, 9.17) is 0 Å². The molecule has 0 aliphatic carbocycles. The van der Waals surface area contributed by atoms with E-state index in [2.05, 4.69) is 0 Å². The lowest BCUT2D eigenvalue weighted by atomic mass is 9.76. The van der Waals surface area contributed by atoms with Crippen LogP contribution in [0.2, 0.25) is 0 Å². The van der Waals surface area contributed by atoms with Gasteiger partial charge in [-0.15, -0.1) is 0 Å². The highest BCUT2D eigenvalue weighted by atomic mass is 32.2. The van der Waals surface area contributed by atoms with Crippen LogP contribution in [-0.2, 0) is 14.8 Å². The monoisotopic (exact) mass is 516 g/mol. The van der Waals surface area contributed by atoms with E-state index in [1.54, 1.807) is 54.6 Å². The number of rotatable bonds is 6. The van der Waals surface area contributed by atoms with Crippen LogP contribution in [0.5, 0.6) is 0 Å². The third-order valence-corrected chi connectivity index (χ3v) is 8.95. The third-order valence-electron chi connectivity index (χ3n) is 7.12. The fourth-order valence-corrected chi connectivity index (χ4v) is 6.42. The third kappa shape index (κ3) is 3.95. The average Bonchev–Trinajstić information content (AvgIpc) is 3.07. The number of para-hydroxylation sites is 1. The molecule has 2 aliphatic heterocycles. The van der Waals surface area contributed by atoms with E-state index in [1.165, 1.54) is 18.2 Å². The van der Waals surface area contributed by atoms with Gasteiger partial charge < -0.3 is 4.79 Å². The first kappa shape index (κ1) is 24.6. The van der Waals surface area contributed by atoms with Gasteiger partial charge >= 0.3 is 0 Å². The molecule has 0 saturated heterocycles. The number of Topliss-reactive ketones (excluding diaryl/α,β-unsaturated/α-hetero) is 1. The molecule has 0 N–H and O–H groups in total. The summed E-state index contributed by atoms with van der Waals surface area (Å²) < 4.78 is 28.4. The summed E-state index contributed by atoms with van der Waals surface area (Å²) in [7, 11) is -4.04. The molecule has 0 saturated carbocycles. The molecule has 8 nitrogen and oxygen atoms in total. The molecule has 1 unspecified atom stereocenters. The molecule has 0 aromatic heterocycles. The number of imide groups is 1. The van der Waals surface area contributed by atoms with Crippen molar-refractivity contribution in [3.05, 3.63) is 95.1 Å². The standard InChI is InChI=1S/C28H24N2O6S/c1-19-10-12-20(13-11-19)37(35,36)30-17-15-28(18-31,25(32)23-8-4-5-9-24(23)30)14-16-29-26(33)21-6-2-3-7-22(21)27(29)34/h2-13,18H,14-17H2,1H3. The first-order valence-corrected chi connectivity index (χ1v) is 13.3. The average molecular weight is 517 g/mol. The highest BCUT2D eigenvalue weighted by Crippen LogP contribution is 2.40. The summed E-state index contributed by atoms with van der Waals surface area (Å²) >= 11 is 0. The van der Waals surface area contributed by atoms with E-state index in [1.807, 2.05) is 6.92 Å². The molecule has 2 heterocycles. The zero-order valence-corrected chi connectivity index (χ0v) is 20.9. The van der Waals surface area contributed by atoms with Crippen molar-refractivity contribution < 1.29 is 27.6 Å². The summed E-state index contributed by atoms with van der Waals surface area (Å²) in [4.78, 5) is 53.1. The molecule has 5 rings (SSSR count). The maximum atomic E-state index is 13.8. The van der Waals surface area contributed by atoms with Crippen LogP contribution in [0.1, 0.15) is 49.5 Å². The Bertz CT molecular complexity index is 1510. The molecule has 2 aliphatic rings. The molecule has 9 heteroatoms. The second kappa shape index (κ2) is 9.08. The van der Waals surface area contributed by atoms with Crippen molar-refractivity contribution in [1.29, 1.82) is 0 Å². The zero-order chi connectivity index (χ0) is 26.4.